The summed E-state index contributed by atoms with van der Waals surface area (Å²) in [6, 6.07) is 4.10. The van der Waals surface area contributed by atoms with Crippen molar-refractivity contribution in [1.29, 1.82) is 0 Å². The molecule has 3 nitrogen and oxygen atoms in total. The monoisotopic (exact) mass is 227 g/mol. The molecule has 84 valence electrons. The van der Waals surface area contributed by atoms with E-state index in [1.807, 2.05) is 11.4 Å². The second-order valence-electron chi connectivity index (χ2n) is 3.65. The number of aliphatic carboxylic acids is 1. The van der Waals surface area contributed by atoms with Crippen LogP contribution < -0.4 is 0 Å². The molecular weight excluding hydrogens is 210 g/mol. The first-order valence-corrected chi connectivity index (χ1v) is 5.99. The lowest BCUT2D eigenvalue weighted by atomic mass is 10.1. The second kappa shape index (κ2) is 5.88. The molecular formula is C11H17NO2S. The highest BCUT2D eigenvalue weighted by Crippen LogP contribution is 2.12. The molecule has 1 N–H and O–H groups in total. The molecule has 1 rings (SSSR count). The quantitative estimate of drug-likeness (QED) is 0.810. The molecule has 0 fully saturated rings. The molecule has 0 saturated heterocycles. The minimum atomic E-state index is -0.723. The van der Waals surface area contributed by atoms with Crippen molar-refractivity contribution in [2.45, 2.75) is 20.4 Å². The number of hydrogen-bond acceptors (Lipinski definition) is 3. The van der Waals surface area contributed by atoms with Gasteiger partial charge in [-0.15, -0.1) is 11.3 Å². The fourth-order valence-electron chi connectivity index (χ4n) is 1.39. The summed E-state index contributed by atoms with van der Waals surface area (Å²) in [6.45, 7) is 6.16. The molecule has 4 heteroatoms. The van der Waals surface area contributed by atoms with Crippen LogP contribution in [0.2, 0.25) is 0 Å². The largest absolute Gasteiger partial charge is 0.481 e. The van der Waals surface area contributed by atoms with Crippen LogP contribution in [0.5, 0.6) is 0 Å². The number of carbonyl (C=O) groups is 1. The first-order chi connectivity index (χ1) is 7.13. The Bertz CT molecular complexity index is 298. The van der Waals surface area contributed by atoms with E-state index in [1.165, 1.54) is 4.88 Å². The molecule has 0 radical (unpaired) electrons. The molecule has 15 heavy (non-hydrogen) atoms. The molecule has 1 heterocycles. The van der Waals surface area contributed by atoms with Crippen molar-refractivity contribution in [3.05, 3.63) is 22.4 Å². The van der Waals surface area contributed by atoms with Crippen molar-refractivity contribution in [1.82, 2.24) is 4.90 Å². The van der Waals surface area contributed by atoms with E-state index in [0.29, 0.717) is 6.54 Å². The van der Waals surface area contributed by atoms with E-state index in [-0.39, 0.29) is 5.92 Å². The van der Waals surface area contributed by atoms with E-state index >= 15 is 0 Å². The van der Waals surface area contributed by atoms with Crippen LogP contribution in [-0.2, 0) is 11.3 Å². The minimum Gasteiger partial charge on any atom is -0.481 e. The number of rotatable bonds is 6. The maximum absolute atomic E-state index is 10.7. The third-order valence-electron chi connectivity index (χ3n) is 2.36. The number of carboxylic acid groups (broad SMARTS) is 1. The van der Waals surface area contributed by atoms with Crippen LogP contribution in [0.4, 0.5) is 0 Å². The zero-order valence-corrected chi connectivity index (χ0v) is 9.96. The predicted octanol–water partition coefficient (Wildman–Crippen LogP) is 2.29. The van der Waals surface area contributed by atoms with Gasteiger partial charge < -0.3 is 5.11 Å². The second-order valence-corrected chi connectivity index (χ2v) is 4.68. The van der Waals surface area contributed by atoms with Crippen LogP contribution in [0.25, 0.3) is 0 Å². The first kappa shape index (κ1) is 12.2. The fourth-order valence-corrected chi connectivity index (χ4v) is 2.14. The Morgan fingerprint density at radius 2 is 2.40 bits per heavy atom. The van der Waals surface area contributed by atoms with Gasteiger partial charge in [0.1, 0.15) is 0 Å². The zero-order valence-electron chi connectivity index (χ0n) is 9.14. The number of thiophene rings is 1. The maximum Gasteiger partial charge on any atom is 0.307 e. The van der Waals surface area contributed by atoms with E-state index in [0.717, 1.165) is 13.1 Å². The predicted molar refractivity (Wildman–Crippen MR) is 62.1 cm³/mol. The van der Waals surface area contributed by atoms with Crippen molar-refractivity contribution in [3.63, 3.8) is 0 Å². The Morgan fingerprint density at radius 3 is 2.87 bits per heavy atom. The van der Waals surface area contributed by atoms with E-state index in [9.17, 15) is 4.79 Å². The summed E-state index contributed by atoms with van der Waals surface area (Å²) in [5.41, 5.74) is 0. The van der Waals surface area contributed by atoms with Crippen LogP contribution >= 0.6 is 11.3 Å². The summed E-state index contributed by atoms with van der Waals surface area (Å²) in [5, 5.41) is 10.9. The molecule has 0 aliphatic heterocycles. The smallest absolute Gasteiger partial charge is 0.307 e. The van der Waals surface area contributed by atoms with Gasteiger partial charge in [0.15, 0.2) is 0 Å². The Morgan fingerprint density at radius 1 is 1.67 bits per heavy atom. The Kier molecular flexibility index (Phi) is 4.78. The summed E-state index contributed by atoms with van der Waals surface area (Å²) in [4.78, 5) is 14.2. The number of carboxylic acids is 1. The van der Waals surface area contributed by atoms with Gasteiger partial charge in [-0.25, -0.2) is 0 Å². The summed E-state index contributed by atoms with van der Waals surface area (Å²) in [7, 11) is 0. The Labute approximate surface area is 94.3 Å². The third-order valence-corrected chi connectivity index (χ3v) is 3.22. The highest BCUT2D eigenvalue weighted by atomic mass is 32.1. The van der Waals surface area contributed by atoms with E-state index in [1.54, 1.807) is 18.3 Å². The van der Waals surface area contributed by atoms with Gasteiger partial charge in [0, 0.05) is 18.0 Å². The molecule has 1 unspecified atom stereocenters. The van der Waals surface area contributed by atoms with E-state index in [2.05, 4.69) is 17.9 Å². The summed E-state index contributed by atoms with van der Waals surface area (Å²) in [6.07, 6.45) is 0. The van der Waals surface area contributed by atoms with Crippen molar-refractivity contribution in [2.75, 3.05) is 13.1 Å². The molecule has 0 aliphatic rings. The molecule has 0 aliphatic carbocycles. The normalized spacial score (nSPS) is 13.0. The van der Waals surface area contributed by atoms with E-state index in [4.69, 9.17) is 5.11 Å². The van der Waals surface area contributed by atoms with Crippen molar-refractivity contribution in [3.8, 4) is 0 Å². The van der Waals surface area contributed by atoms with Crippen molar-refractivity contribution in [2.24, 2.45) is 5.92 Å². The van der Waals surface area contributed by atoms with Crippen LogP contribution in [0.1, 0.15) is 18.7 Å². The van der Waals surface area contributed by atoms with Gasteiger partial charge in [-0.05, 0) is 18.0 Å². The lowest BCUT2D eigenvalue weighted by molar-refractivity contribution is -0.141. The van der Waals surface area contributed by atoms with Gasteiger partial charge in [-0.1, -0.05) is 19.9 Å². The van der Waals surface area contributed by atoms with Crippen LogP contribution in [-0.4, -0.2) is 29.1 Å². The van der Waals surface area contributed by atoms with Gasteiger partial charge in [0.2, 0.25) is 0 Å². The lowest BCUT2D eigenvalue weighted by Crippen LogP contribution is -2.31. The minimum absolute atomic E-state index is 0.301. The van der Waals surface area contributed by atoms with Crippen molar-refractivity contribution >= 4 is 17.3 Å². The fraction of sp³-hybridized carbons (Fsp3) is 0.545. The lowest BCUT2D eigenvalue weighted by Gasteiger charge is -2.21. The summed E-state index contributed by atoms with van der Waals surface area (Å²) < 4.78 is 0. The van der Waals surface area contributed by atoms with Gasteiger partial charge >= 0.3 is 5.97 Å². The zero-order chi connectivity index (χ0) is 11.3. The molecule has 1 aromatic rings. The standard InChI is InChI=1S/C11H17NO2S/c1-3-12(7-9(2)11(13)14)8-10-5-4-6-15-10/h4-6,9H,3,7-8H2,1-2H3,(H,13,14). The highest BCUT2D eigenvalue weighted by molar-refractivity contribution is 7.09. The Balaban J connectivity index is 2.46. The highest BCUT2D eigenvalue weighted by Gasteiger charge is 2.15. The average Bonchev–Trinajstić information content (AvgIpc) is 2.69. The summed E-state index contributed by atoms with van der Waals surface area (Å²) in [5.74, 6) is -1.02. The molecule has 1 atom stereocenters. The molecule has 0 bridgehead atoms. The van der Waals surface area contributed by atoms with Gasteiger partial charge in [-0.2, -0.15) is 0 Å². The number of hydrogen-bond donors (Lipinski definition) is 1. The topological polar surface area (TPSA) is 40.5 Å². The third kappa shape index (κ3) is 4.01. The molecule has 0 saturated carbocycles. The maximum atomic E-state index is 10.7. The van der Waals surface area contributed by atoms with Crippen LogP contribution in [0.3, 0.4) is 0 Å². The van der Waals surface area contributed by atoms with Crippen LogP contribution in [0, 0.1) is 5.92 Å². The van der Waals surface area contributed by atoms with Gasteiger partial charge in [-0.3, -0.25) is 9.69 Å². The Hall–Kier alpha value is -0.870. The average molecular weight is 227 g/mol. The molecule has 0 aromatic carbocycles. The first-order valence-electron chi connectivity index (χ1n) is 5.11. The van der Waals surface area contributed by atoms with E-state index < -0.39 is 5.97 Å². The van der Waals surface area contributed by atoms with Gasteiger partial charge in [0.25, 0.3) is 0 Å². The molecule has 1 aromatic heterocycles. The SMILES string of the molecule is CCN(Cc1cccs1)CC(C)C(=O)O. The van der Waals surface area contributed by atoms with Crippen LogP contribution in [0.15, 0.2) is 17.5 Å². The summed E-state index contributed by atoms with van der Waals surface area (Å²) >= 11 is 1.71. The molecule has 0 spiro atoms. The van der Waals surface area contributed by atoms with Gasteiger partial charge in [0.05, 0.1) is 5.92 Å². The van der Waals surface area contributed by atoms with Crippen molar-refractivity contribution < 1.29 is 9.90 Å². The molecule has 0 amide bonds. The number of nitrogens with zero attached hydrogens (tertiary/aromatic N) is 1.